The van der Waals surface area contributed by atoms with E-state index < -0.39 is 0 Å². The largest absolute Gasteiger partial charge is 0.378 e. The van der Waals surface area contributed by atoms with Crippen molar-refractivity contribution in [2.45, 2.75) is 12.8 Å². The summed E-state index contributed by atoms with van der Waals surface area (Å²) in [5.74, 6) is -0.0631. The highest BCUT2D eigenvalue weighted by Gasteiger charge is 2.32. The molecular formula is C18H22N4O3. The average molecular weight is 342 g/mol. The molecule has 0 aliphatic carbocycles. The number of likely N-dealkylation sites (tertiary alicyclic amines) is 1. The summed E-state index contributed by atoms with van der Waals surface area (Å²) in [6.45, 7) is 3.65. The molecule has 2 aliphatic heterocycles. The van der Waals surface area contributed by atoms with Gasteiger partial charge in [0.25, 0.3) is 5.91 Å². The lowest BCUT2D eigenvalue weighted by Gasteiger charge is -2.36. The van der Waals surface area contributed by atoms with Crippen molar-refractivity contribution in [1.82, 2.24) is 19.2 Å². The molecule has 4 rings (SSSR count). The van der Waals surface area contributed by atoms with Crippen LogP contribution in [0.25, 0.3) is 5.65 Å². The van der Waals surface area contributed by atoms with Gasteiger partial charge in [-0.15, -0.1) is 0 Å². The molecule has 132 valence electrons. The van der Waals surface area contributed by atoms with E-state index in [9.17, 15) is 9.59 Å². The highest BCUT2D eigenvalue weighted by Crippen LogP contribution is 2.21. The number of hydrogen-bond donors (Lipinski definition) is 0. The standard InChI is InChI=1S/C18H22N4O3/c23-17(20-8-10-25-11-9-20)14-4-3-7-22(12-14)18(24)15-13-21-6-2-1-5-16(21)19-15/h1-2,5-6,13-14H,3-4,7-12H2/t14-/m1/s1. The minimum absolute atomic E-state index is 0.0943. The first-order chi connectivity index (χ1) is 12.2. The maximum atomic E-state index is 12.8. The predicted octanol–water partition coefficient (Wildman–Crippen LogP) is 1.05. The second-order valence-corrected chi connectivity index (χ2v) is 6.62. The second-order valence-electron chi connectivity index (χ2n) is 6.62. The van der Waals surface area contributed by atoms with E-state index in [0.717, 1.165) is 18.5 Å². The SMILES string of the molecule is O=C(c1cn2ccccc2n1)N1CCC[C@@H](C(=O)N2CCOCC2)C1. The van der Waals surface area contributed by atoms with Crippen LogP contribution in [0.5, 0.6) is 0 Å². The maximum Gasteiger partial charge on any atom is 0.274 e. The number of aromatic nitrogens is 2. The molecule has 0 N–H and O–H groups in total. The summed E-state index contributed by atoms with van der Waals surface area (Å²) in [6, 6.07) is 5.67. The number of hydrogen-bond acceptors (Lipinski definition) is 4. The van der Waals surface area contributed by atoms with Crippen LogP contribution in [-0.4, -0.2) is 70.4 Å². The molecule has 0 bridgehead atoms. The zero-order valence-electron chi connectivity index (χ0n) is 14.1. The molecule has 2 saturated heterocycles. The fraction of sp³-hybridized carbons (Fsp3) is 0.500. The fourth-order valence-electron chi connectivity index (χ4n) is 3.60. The molecule has 2 aromatic heterocycles. The summed E-state index contributed by atoms with van der Waals surface area (Å²) < 4.78 is 7.16. The molecule has 0 spiro atoms. The van der Waals surface area contributed by atoms with E-state index in [4.69, 9.17) is 4.74 Å². The highest BCUT2D eigenvalue weighted by molar-refractivity contribution is 5.93. The van der Waals surface area contributed by atoms with Gasteiger partial charge in [-0.1, -0.05) is 6.07 Å². The Morgan fingerprint density at radius 1 is 1.12 bits per heavy atom. The third-order valence-corrected chi connectivity index (χ3v) is 4.96. The lowest BCUT2D eigenvalue weighted by atomic mass is 9.96. The Morgan fingerprint density at radius 3 is 2.76 bits per heavy atom. The molecule has 0 radical (unpaired) electrons. The average Bonchev–Trinajstić information content (AvgIpc) is 3.12. The molecule has 2 aromatic rings. The van der Waals surface area contributed by atoms with Crippen LogP contribution in [0.1, 0.15) is 23.3 Å². The van der Waals surface area contributed by atoms with E-state index in [-0.39, 0.29) is 17.7 Å². The van der Waals surface area contributed by atoms with E-state index in [1.807, 2.05) is 33.7 Å². The molecule has 1 atom stereocenters. The molecule has 0 aromatic carbocycles. The van der Waals surface area contributed by atoms with Crippen molar-refractivity contribution in [3.05, 3.63) is 36.3 Å². The van der Waals surface area contributed by atoms with Crippen LogP contribution in [0.2, 0.25) is 0 Å². The zero-order chi connectivity index (χ0) is 17.2. The van der Waals surface area contributed by atoms with Crippen LogP contribution in [0.15, 0.2) is 30.6 Å². The lowest BCUT2D eigenvalue weighted by molar-refractivity contribution is -0.141. The minimum atomic E-state index is -0.118. The molecular weight excluding hydrogens is 320 g/mol. The van der Waals surface area contributed by atoms with Crippen LogP contribution in [0.4, 0.5) is 0 Å². The Hall–Kier alpha value is -2.41. The number of nitrogens with zero attached hydrogens (tertiary/aromatic N) is 4. The predicted molar refractivity (Wildman–Crippen MR) is 91.2 cm³/mol. The van der Waals surface area contributed by atoms with Gasteiger partial charge in [-0.2, -0.15) is 0 Å². The van der Waals surface area contributed by atoms with Gasteiger partial charge >= 0.3 is 0 Å². The van der Waals surface area contributed by atoms with Gasteiger partial charge in [0.05, 0.1) is 19.1 Å². The summed E-state index contributed by atoms with van der Waals surface area (Å²) in [5.41, 5.74) is 1.19. The third kappa shape index (κ3) is 3.24. The second kappa shape index (κ2) is 6.84. The van der Waals surface area contributed by atoms with Gasteiger partial charge in [0.2, 0.25) is 5.91 Å². The third-order valence-electron chi connectivity index (χ3n) is 4.96. The Kier molecular flexibility index (Phi) is 4.40. The van der Waals surface area contributed by atoms with Gasteiger partial charge in [0.15, 0.2) is 0 Å². The summed E-state index contributed by atoms with van der Waals surface area (Å²) in [5, 5.41) is 0. The van der Waals surface area contributed by atoms with Gasteiger partial charge in [0, 0.05) is 38.6 Å². The molecule has 7 heteroatoms. The van der Waals surface area contributed by atoms with Crippen LogP contribution in [0.3, 0.4) is 0 Å². The van der Waals surface area contributed by atoms with Crippen molar-refractivity contribution in [2.75, 3.05) is 39.4 Å². The molecule has 0 unspecified atom stereocenters. The molecule has 2 fully saturated rings. The number of morpholine rings is 1. The smallest absolute Gasteiger partial charge is 0.274 e. The number of ether oxygens (including phenoxy) is 1. The number of carbonyl (C=O) groups excluding carboxylic acids is 2. The number of pyridine rings is 1. The Balaban J connectivity index is 1.46. The van der Waals surface area contributed by atoms with Crippen molar-refractivity contribution in [3.8, 4) is 0 Å². The first-order valence-electron chi connectivity index (χ1n) is 8.82. The van der Waals surface area contributed by atoms with E-state index in [2.05, 4.69) is 4.98 Å². The quantitative estimate of drug-likeness (QED) is 0.818. The Morgan fingerprint density at radius 2 is 1.96 bits per heavy atom. The normalized spacial score (nSPS) is 21.5. The van der Waals surface area contributed by atoms with E-state index >= 15 is 0 Å². The summed E-state index contributed by atoms with van der Waals surface area (Å²) in [6.07, 6.45) is 5.32. The summed E-state index contributed by atoms with van der Waals surface area (Å²) in [7, 11) is 0. The molecule has 2 aliphatic rings. The van der Waals surface area contributed by atoms with Gasteiger partial charge in [-0.05, 0) is 25.0 Å². The van der Waals surface area contributed by atoms with Crippen molar-refractivity contribution < 1.29 is 14.3 Å². The number of piperidine rings is 1. The van der Waals surface area contributed by atoms with Crippen molar-refractivity contribution in [2.24, 2.45) is 5.92 Å². The van der Waals surface area contributed by atoms with E-state index in [1.165, 1.54) is 0 Å². The molecule has 0 saturated carbocycles. The minimum Gasteiger partial charge on any atom is -0.378 e. The van der Waals surface area contributed by atoms with Crippen LogP contribution in [-0.2, 0) is 9.53 Å². The van der Waals surface area contributed by atoms with Gasteiger partial charge < -0.3 is 18.9 Å². The van der Waals surface area contributed by atoms with E-state index in [1.54, 1.807) is 11.1 Å². The number of imidazole rings is 1. The Bertz CT molecular complexity index is 748. The van der Waals surface area contributed by atoms with Crippen molar-refractivity contribution in [3.63, 3.8) is 0 Å². The summed E-state index contributed by atoms with van der Waals surface area (Å²) in [4.78, 5) is 33.6. The fourth-order valence-corrected chi connectivity index (χ4v) is 3.60. The molecule has 4 heterocycles. The van der Waals surface area contributed by atoms with Gasteiger partial charge in [-0.3, -0.25) is 9.59 Å². The Labute approximate surface area is 146 Å². The van der Waals surface area contributed by atoms with Gasteiger partial charge in [0.1, 0.15) is 11.3 Å². The first-order valence-corrected chi connectivity index (χ1v) is 8.82. The van der Waals surface area contributed by atoms with Gasteiger partial charge in [-0.25, -0.2) is 4.98 Å². The zero-order valence-corrected chi connectivity index (χ0v) is 14.1. The molecule has 7 nitrogen and oxygen atoms in total. The number of carbonyl (C=O) groups is 2. The molecule has 2 amide bonds. The summed E-state index contributed by atoms with van der Waals surface area (Å²) >= 11 is 0. The molecule has 25 heavy (non-hydrogen) atoms. The topological polar surface area (TPSA) is 67.2 Å². The van der Waals surface area contributed by atoms with Crippen molar-refractivity contribution in [1.29, 1.82) is 0 Å². The number of fused-ring (bicyclic) bond motifs is 1. The number of amides is 2. The van der Waals surface area contributed by atoms with Crippen LogP contribution in [0, 0.1) is 5.92 Å². The van der Waals surface area contributed by atoms with Crippen molar-refractivity contribution >= 4 is 17.5 Å². The monoisotopic (exact) mass is 342 g/mol. The van der Waals surface area contributed by atoms with E-state index in [0.29, 0.717) is 45.1 Å². The first kappa shape index (κ1) is 16.1. The van der Waals surface area contributed by atoms with Crippen LogP contribution < -0.4 is 0 Å². The maximum absolute atomic E-state index is 12.8. The number of rotatable bonds is 2. The lowest BCUT2D eigenvalue weighted by Crippen LogP contribution is -2.49. The van der Waals surface area contributed by atoms with Crippen LogP contribution >= 0.6 is 0 Å². The highest BCUT2D eigenvalue weighted by atomic mass is 16.5.